The van der Waals surface area contributed by atoms with Gasteiger partial charge in [0.15, 0.2) is 0 Å². The zero-order valence-corrected chi connectivity index (χ0v) is 11.9. The first-order valence-corrected chi connectivity index (χ1v) is 6.80. The molecule has 0 bridgehead atoms. The van der Waals surface area contributed by atoms with E-state index in [9.17, 15) is 4.79 Å². The van der Waals surface area contributed by atoms with Crippen molar-refractivity contribution in [3.05, 3.63) is 28.2 Å². The minimum Gasteiger partial charge on any atom is -0.496 e. The first-order valence-electron chi connectivity index (χ1n) is 6.01. The van der Waals surface area contributed by atoms with Crippen LogP contribution < -0.4 is 10.5 Å². The number of nitrogens with zero attached hydrogens (tertiary/aromatic N) is 1. The quantitative estimate of drug-likeness (QED) is 0.929. The average Bonchev–Trinajstić information content (AvgIpc) is 2.90. The number of hydrogen-bond donors (Lipinski definition) is 1. The SMILES string of the molecule is COc1ccc(Br)cc1C(N)C(=O)N1CCCC1. The van der Waals surface area contributed by atoms with Crippen molar-refractivity contribution in [1.29, 1.82) is 0 Å². The Kier molecular flexibility index (Phi) is 4.24. The number of rotatable bonds is 3. The minimum atomic E-state index is -0.657. The zero-order chi connectivity index (χ0) is 13.1. The normalized spacial score (nSPS) is 16.7. The molecule has 4 nitrogen and oxygen atoms in total. The van der Waals surface area contributed by atoms with Crippen LogP contribution in [0.2, 0.25) is 0 Å². The van der Waals surface area contributed by atoms with Crippen molar-refractivity contribution in [3.63, 3.8) is 0 Å². The van der Waals surface area contributed by atoms with Crippen LogP contribution in [0.3, 0.4) is 0 Å². The van der Waals surface area contributed by atoms with E-state index in [0.717, 1.165) is 36.0 Å². The standard InChI is InChI=1S/C13H17BrN2O2/c1-18-11-5-4-9(14)8-10(11)12(15)13(17)16-6-2-3-7-16/h4-5,8,12H,2-3,6-7,15H2,1H3. The van der Waals surface area contributed by atoms with E-state index in [2.05, 4.69) is 15.9 Å². The van der Waals surface area contributed by atoms with E-state index in [1.807, 2.05) is 23.1 Å². The number of carbonyl (C=O) groups excluding carboxylic acids is 1. The number of nitrogens with two attached hydrogens (primary N) is 1. The highest BCUT2D eigenvalue weighted by Gasteiger charge is 2.26. The summed E-state index contributed by atoms with van der Waals surface area (Å²) in [6.07, 6.45) is 2.13. The lowest BCUT2D eigenvalue weighted by molar-refractivity contribution is -0.131. The lowest BCUT2D eigenvalue weighted by Crippen LogP contribution is -2.36. The van der Waals surface area contributed by atoms with Crippen LogP contribution in [0.15, 0.2) is 22.7 Å². The highest BCUT2D eigenvalue weighted by Crippen LogP contribution is 2.29. The van der Waals surface area contributed by atoms with Gasteiger partial charge in [0.05, 0.1) is 7.11 Å². The van der Waals surface area contributed by atoms with Crippen molar-refractivity contribution >= 4 is 21.8 Å². The third-order valence-corrected chi connectivity index (χ3v) is 3.70. The summed E-state index contributed by atoms with van der Waals surface area (Å²) < 4.78 is 6.15. The third kappa shape index (κ3) is 2.67. The summed E-state index contributed by atoms with van der Waals surface area (Å²) in [5.74, 6) is 0.627. The Bertz CT molecular complexity index is 445. The molecule has 0 aliphatic carbocycles. The van der Waals surface area contributed by atoms with Gasteiger partial charge in [-0.2, -0.15) is 0 Å². The molecule has 1 saturated heterocycles. The second kappa shape index (κ2) is 5.71. The van der Waals surface area contributed by atoms with Gasteiger partial charge in [-0.15, -0.1) is 0 Å². The van der Waals surface area contributed by atoms with Gasteiger partial charge in [-0.25, -0.2) is 0 Å². The molecule has 1 amide bonds. The summed E-state index contributed by atoms with van der Waals surface area (Å²) in [5, 5.41) is 0. The molecule has 0 radical (unpaired) electrons. The van der Waals surface area contributed by atoms with Crippen LogP contribution in [0.5, 0.6) is 5.75 Å². The topological polar surface area (TPSA) is 55.6 Å². The molecule has 0 saturated carbocycles. The maximum Gasteiger partial charge on any atom is 0.244 e. The molecule has 18 heavy (non-hydrogen) atoms. The van der Waals surface area contributed by atoms with Crippen LogP contribution >= 0.6 is 15.9 Å². The number of ether oxygens (including phenoxy) is 1. The van der Waals surface area contributed by atoms with Gasteiger partial charge in [-0.1, -0.05) is 15.9 Å². The number of hydrogen-bond acceptors (Lipinski definition) is 3. The molecule has 0 aromatic heterocycles. The van der Waals surface area contributed by atoms with Crippen LogP contribution in [0.4, 0.5) is 0 Å². The molecule has 1 atom stereocenters. The van der Waals surface area contributed by atoms with E-state index in [1.165, 1.54) is 0 Å². The van der Waals surface area contributed by atoms with Gasteiger partial charge in [0.2, 0.25) is 5.91 Å². The Balaban J connectivity index is 2.24. The van der Waals surface area contributed by atoms with E-state index < -0.39 is 6.04 Å². The molecule has 1 unspecified atom stereocenters. The summed E-state index contributed by atoms with van der Waals surface area (Å²) in [7, 11) is 1.58. The molecule has 2 rings (SSSR count). The molecule has 1 aromatic carbocycles. The van der Waals surface area contributed by atoms with E-state index in [0.29, 0.717) is 5.75 Å². The monoisotopic (exact) mass is 312 g/mol. The fourth-order valence-corrected chi connectivity index (χ4v) is 2.59. The van der Waals surface area contributed by atoms with Crippen molar-refractivity contribution in [2.45, 2.75) is 18.9 Å². The number of halogens is 1. The lowest BCUT2D eigenvalue weighted by atomic mass is 10.1. The van der Waals surface area contributed by atoms with Crippen molar-refractivity contribution in [2.24, 2.45) is 5.73 Å². The van der Waals surface area contributed by atoms with E-state index in [4.69, 9.17) is 10.5 Å². The second-order valence-electron chi connectivity index (χ2n) is 4.40. The Labute approximate surface area is 115 Å². The Morgan fingerprint density at radius 2 is 2.11 bits per heavy atom. The van der Waals surface area contributed by atoms with Crippen molar-refractivity contribution in [1.82, 2.24) is 4.90 Å². The Morgan fingerprint density at radius 1 is 1.44 bits per heavy atom. The molecular formula is C13H17BrN2O2. The molecule has 1 heterocycles. The Morgan fingerprint density at radius 3 is 2.72 bits per heavy atom. The molecule has 98 valence electrons. The van der Waals surface area contributed by atoms with Crippen LogP contribution in [-0.4, -0.2) is 31.0 Å². The second-order valence-corrected chi connectivity index (χ2v) is 5.31. The van der Waals surface area contributed by atoms with Crippen LogP contribution in [0.1, 0.15) is 24.4 Å². The summed E-state index contributed by atoms with van der Waals surface area (Å²) >= 11 is 3.39. The van der Waals surface area contributed by atoms with Crippen molar-refractivity contribution < 1.29 is 9.53 Å². The largest absolute Gasteiger partial charge is 0.496 e. The number of carbonyl (C=O) groups is 1. The molecule has 2 N–H and O–H groups in total. The smallest absolute Gasteiger partial charge is 0.244 e. The molecule has 1 aliphatic rings. The first kappa shape index (κ1) is 13.4. The van der Waals surface area contributed by atoms with Gasteiger partial charge in [0.1, 0.15) is 11.8 Å². The first-order chi connectivity index (χ1) is 8.63. The van der Waals surface area contributed by atoms with E-state index in [1.54, 1.807) is 7.11 Å². The van der Waals surface area contributed by atoms with Gasteiger partial charge in [0, 0.05) is 23.1 Å². The van der Waals surface area contributed by atoms with Gasteiger partial charge in [-0.3, -0.25) is 4.79 Å². The summed E-state index contributed by atoms with van der Waals surface area (Å²) in [6, 6.07) is 4.87. The van der Waals surface area contributed by atoms with E-state index in [-0.39, 0.29) is 5.91 Å². The van der Waals surface area contributed by atoms with Gasteiger partial charge < -0.3 is 15.4 Å². The highest BCUT2D eigenvalue weighted by molar-refractivity contribution is 9.10. The molecule has 1 aliphatic heterocycles. The highest BCUT2D eigenvalue weighted by atomic mass is 79.9. The predicted octanol–water partition coefficient (Wildman–Crippen LogP) is 2.08. The third-order valence-electron chi connectivity index (χ3n) is 3.21. The number of methoxy groups -OCH3 is 1. The molecule has 0 spiro atoms. The lowest BCUT2D eigenvalue weighted by Gasteiger charge is -2.21. The van der Waals surface area contributed by atoms with Crippen LogP contribution in [0, 0.1) is 0 Å². The predicted molar refractivity (Wildman–Crippen MR) is 73.4 cm³/mol. The minimum absolute atomic E-state index is 0.0242. The molecule has 5 heteroatoms. The van der Waals surface area contributed by atoms with Gasteiger partial charge in [0.25, 0.3) is 0 Å². The van der Waals surface area contributed by atoms with Gasteiger partial charge in [-0.05, 0) is 31.0 Å². The fraction of sp³-hybridized carbons (Fsp3) is 0.462. The fourth-order valence-electron chi connectivity index (χ4n) is 2.22. The van der Waals surface area contributed by atoms with Crippen molar-refractivity contribution in [2.75, 3.05) is 20.2 Å². The van der Waals surface area contributed by atoms with Crippen LogP contribution in [-0.2, 0) is 4.79 Å². The number of benzene rings is 1. The zero-order valence-electron chi connectivity index (χ0n) is 10.4. The molecule has 1 fully saturated rings. The number of likely N-dealkylation sites (tertiary alicyclic amines) is 1. The number of amides is 1. The van der Waals surface area contributed by atoms with Gasteiger partial charge >= 0.3 is 0 Å². The Hall–Kier alpha value is -1.07. The average molecular weight is 313 g/mol. The maximum atomic E-state index is 12.3. The van der Waals surface area contributed by atoms with Crippen molar-refractivity contribution in [3.8, 4) is 5.75 Å². The summed E-state index contributed by atoms with van der Waals surface area (Å²) in [4.78, 5) is 14.1. The summed E-state index contributed by atoms with van der Waals surface area (Å²) in [5.41, 5.74) is 6.80. The molecular weight excluding hydrogens is 296 g/mol. The van der Waals surface area contributed by atoms with Crippen LogP contribution in [0.25, 0.3) is 0 Å². The molecule has 1 aromatic rings. The maximum absolute atomic E-state index is 12.3. The summed E-state index contributed by atoms with van der Waals surface area (Å²) in [6.45, 7) is 1.62. The van der Waals surface area contributed by atoms with E-state index >= 15 is 0 Å².